The highest BCUT2D eigenvalue weighted by Crippen LogP contribution is 2.38. The minimum absolute atomic E-state index is 0.130. The number of rotatable bonds is 3. The second kappa shape index (κ2) is 5.23. The molecule has 19 heavy (non-hydrogen) atoms. The molecule has 2 rings (SSSR count). The van der Waals surface area contributed by atoms with Gasteiger partial charge < -0.3 is 4.74 Å². The highest BCUT2D eigenvalue weighted by Gasteiger charge is 2.38. The van der Waals surface area contributed by atoms with Crippen molar-refractivity contribution in [3.05, 3.63) is 29.6 Å². The molecule has 0 bridgehead atoms. The summed E-state index contributed by atoms with van der Waals surface area (Å²) in [6.45, 7) is 0. The number of alkyl halides is 2. The van der Waals surface area contributed by atoms with Gasteiger partial charge in [0.1, 0.15) is 11.6 Å². The lowest BCUT2D eigenvalue weighted by atomic mass is 9.82. The van der Waals surface area contributed by atoms with E-state index in [2.05, 4.69) is 0 Å². The van der Waals surface area contributed by atoms with E-state index in [0.717, 1.165) is 6.07 Å². The Kier molecular flexibility index (Phi) is 3.83. The Hall–Kier alpha value is -1.52. The van der Waals surface area contributed by atoms with E-state index in [1.54, 1.807) is 0 Å². The molecule has 1 saturated carbocycles. The fourth-order valence-corrected chi connectivity index (χ4v) is 2.40. The molecule has 0 spiro atoms. The smallest absolute Gasteiger partial charge is 0.248 e. The lowest BCUT2D eigenvalue weighted by Gasteiger charge is -2.27. The van der Waals surface area contributed by atoms with Gasteiger partial charge in [0.15, 0.2) is 5.78 Å². The van der Waals surface area contributed by atoms with Crippen LogP contribution in [0, 0.1) is 11.7 Å². The molecule has 1 aromatic rings. The summed E-state index contributed by atoms with van der Waals surface area (Å²) in [5.74, 6) is -3.72. The van der Waals surface area contributed by atoms with Crippen molar-refractivity contribution in [2.24, 2.45) is 5.92 Å². The van der Waals surface area contributed by atoms with Crippen molar-refractivity contribution in [3.63, 3.8) is 0 Å². The van der Waals surface area contributed by atoms with Crippen LogP contribution >= 0.6 is 0 Å². The summed E-state index contributed by atoms with van der Waals surface area (Å²) in [5, 5.41) is 0. The number of methoxy groups -OCH3 is 1. The van der Waals surface area contributed by atoms with Crippen LogP contribution in [0.3, 0.4) is 0 Å². The molecule has 1 aliphatic carbocycles. The normalized spacial score (nSPS) is 19.2. The van der Waals surface area contributed by atoms with Gasteiger partial charge in [-0.05, 0) is 31.0 Å². The van der Waals surface area contributed by atoms with Gasteiger partial charge in [0.2, 0.25) is 5.92 Å². The van der Waals surface area contributed by atoms with Crippen molar-refractivity contribution in [1.29, 1.82) is 0 Å². The molecule has 1 fully saturated rings. The molecule has 0 heterocycles. The highest BCUT2D eigenvalue weighted by molar-refractivity contribution is 6.00. The largest absolute Gasteiger partial charge is 0.496 e. The van der Waals surface area contributed by atoms with E-state index in [1.807, 2.05) is 0 Å². The van der Waals surface area contributed by atoms with Gasteiger partial charge in [0.05, 0.1) is 12.7 Å². The maximum Gasteiger partial charge on any atom is 0.248 e. The molecule has 1 aromatic carbocycles. The monoisotopic (exact) mass is 272 g/mol. The van der Waals surface area contributed by atoms with Crippen LogP contribution in [0.15, 0.2) is 18.2 Å². The maximum absolute atomic E-state index is 13.2. The average Bonchev–Trinajstić information content (AvgIpc) is 2.38. The Morgan fingerprint density at radius 3 is 2.53 bits per heavy atom. The summed E-state index contributed by atoms with van der Waals surface area (Å²) in [4.78, 5) is 12.3. The standard InChI is InChI=1S/C14H15F3O2/c1-19-12-3-2-10(15)8-11(12)13(18)9-4-6-14(16,17)7-5-9/h2-3,8-9H,4-7H2,1H3. The predicted octanol–water partition coefficient (Wildman–Crippen LogP) is 3.84. The van der Waals surface area contributed by atoms with Crippen LogP contribution in [-0.4, -0.2) is 18.8 Å². The number of ether oxygens (including phenoxy) is 1. The molecule has 1 aliphatic rings. The highest BCUT2D eigenvalue weighted by atomic mass is 19.3. The van der Waals surface area contributed by atoms with Gasteiger partial charge in [-0.15, -0.1) is 0 Å². The molecule has 0 N–H and O–H groups in total. The minimum atomic E-state index is -2.68. The summed E-state index contributed by atoms with van der Waals surface area (Å²) in [5.41, 5.74) is 0.137. The molecule has 2 nitrogen and oxygen atoms in total. The van der Waals surface area contributed by atoms with Crippen LogP contribution in [0.5, 0.6) is 5.75 Å². The Labute approximate surface area is 109 Å². The third-order valence-electron chi connectivity index (χ3n) is 3.51. The number of halogens is 3. The number of hydrogen-bond acceptors (Lipinski definition) is 2. The number of Topliss-reactive ketones (excluding diaryl/α,β-unsaturated/α-hetero) is 1. The maximum atomic E-state index is 13.2. The molecule has 0 atom stereocenters. The Balaban J connectivity index is 2.18. The van der Waals surface area contributed by atoms with E-state index in [9.17, 15) is 18.0 Å². The molecule has 0 aliphatic heterocycles. The van der Waals surface area contributed by atoms with Crippen molar-refractivity contribution in [2.45, 2.75) is 31.6 Å². The van der Waals surface area contributed by atoms with Gasteiger partial charge >= 0.3 is 0 Å². The molecule has 104 valence electrons. The first-order chi connectivity index (χ1) is 8.93. The van der Waals surface area contributed by atoms with Crippen LogP contribution in [0.25, 0.3) is 0 Å². The van der Waals surface area contributed by atoms with Crippen molar-refractivity contribution in [1.82, 2.24) is 0 Å². The van der Waals surface area contributed by atoms with Crippen LogP contribution in [-0.2, 0) is 0 Å². The molecule has 5 heteroatoms. The lowest BCUT2D eigenvalue weighted by Crippen LogP contribution is -2.29. The number of carbonyl (C=O) groups excluding carboxylic acids is 1. The van der Waals surface area contributed by atoms with E-state index in [0.29, 0.717) is 0 Å². The van der Waals surface area contributed by atoms with Gasteiger partial charge in [-0.1, -0.05) is 0 Å². The first-order valence-corrected chi connectivity index (χ1v) is 6.18. The molecular weight excluding hydrogens is 257 g/mol. The Bertz CT molecular complexity index is 476. The van der Waals surface area contributed by atoms with Crippen molar-refractivity contribution in [3.8, 4) is 5.75 Å². The summed E-state index contributed by atoms with van der Waals surface area (Å²) in [6.07, 6.45) is -0.320. The summed E-state index contributed by atoms with van der Waals surface area (Å²) in [7, 11) is 1.39. The molecule has 0 aromatic heterocycles. The Morgan fingerprint density at radius 2 is 1.95 bits per heavy atom. The van der Waals surface area contributed by atoms with Gasteiger partial charge in [-0.25, -0.2) is 13.2 Å². The molecule has 0 amide bonds. The quantitative estimate of drug-likeness (QED) is 0.781. The zero-order valence-electron chi connectivity index (χ0n) is 10.6. The summed E-state index contributed by atoms with van der Waals surface area (Å²) >= 11 is 0. The summed E-state index contributed by atoms with van der Waals surface area (Å²) in [6, 6.07) is 3.68. The molecule has 0 saturated heterocycles. The second-order valence-corrected chi connectivity index (χ2v) is 4.84. The molecule has 0 radical (unpaired) electrons. The molecular formula is C14H15F3O2. The summed E-state index contributed by atoms with van der Waals surface area (Å²) < 4.78 is 44.3. The van der Waals surface area contributed by atoms with E-state index in [4.69, 9.17) is 4.74 Å². The third kappa shape index (κ3) is 3.08. The van der Waals surface area contributed by atoms with Gasteiger partial charge in [0, 0.05) is 18.8 Å². The van der Waals surface area contributed by atoms with Crippen molar-refractivity contribution >= 4 is 5.78 Å². The average molecular weight is 272 g/mol. The Morgan fingerprint density at radius 1 is 1.32 bits per heavy atom. The van der Waals surface area contributed by atoms with Crippen molar-refractivity contribution in [2.75, 3.05) is 7.11 Å². The number of benzene rings is 1. The van der Waals surface area contributed by atoms with Crippen LogP contribution in [0.2, 0.25) is 0 Å². The zero-order valence-corrected chi connectivity index (χ0v) is 10.6. The lowest BCUT2D eigenvalue weighted by molar-refractivity contribution is -0.0424. The first kappa shape index (κ1) is 13.9. The first-order valence-electron chi connectivity index (χ1n) is 6.18. The van der Waals surface area contributed by atoms with Gasteiger partial charge in [0.25, 0.3) is 0 Å². The van der Waals surface area contributed by atoms with Gasteiger partial charge in [-0.3, -0.25) is 4.79 Å². The van der Waals surface area contributed by atoms with Gasteiger partial charge in [-0.2, -0.15) is 0 Å². The van der Waals surface area contributed by atoms with E-state index >= 15 is 0 Å². The van der Waals surface area contributed by atoms with Crippen LogP contribution < -0.4 is 4.74 Å². The fraction of sp³-hybridized carbons (Fsp3) is 0.500. The third-order valence-corrected chi connectivity index (χ3v) is 3.51. The number of ketones is 1. The van der Waals surface area contributed by atoms with E-state index < -0.39 is 17.7 Å². The fourth-order valence-electron chi connectivity index (χ4n) is 2.40. The van der Waals surface area contributed by atoms with Crippen molar-refractivity contribution < 1.29 is 22.7 Å². The van der Waals surface area contributed by atoms with E-state index in [1.165, 1.54) is 19.2 Å². The predicted molar refractivity (Wildman–Crippen MR) is 64.2 cm³/mol. The second-order valence-electron chi connectivity index (χ2n) is 4.84. The van der Waals surface area contributed by atoms with Crippen LogP contribution in [0.4, 0.5) is 13.2 Å². The minimum Gasteiger partial charge on any atom is -0.496 e. The zero-order chi connectivity index (χ0) is 14.0. The van der Waals surface area contributed by atoms with Crippen LogP contribution in [0.1, 0.15) is 36.0 Å². The SMILES string of the molecule is COc1ccc(F)cc1C(=O)C1CCC(F)(F)CC1. The number of hydrogen-bond donors (Lipinski definition) is 0. The number of carbonyl (C=O) groups is 1. The topological polar surface area (TPSA) is 26.3 Å². The van der Waals surface area contributed by atoms with E-state index in [-0.39, 0.29) is 42.8 Å². The molecule has 0 unspecified atom stereocenters.